The molecule has 0 saturated heterocycles. The summed E-state index contributed by atoms with van der Waals surface area (Å²) in [7, 11) is 0. The van der Waals surface area contributed by atoms with E-state index >= 15 is 0 Å². The summed E-state index contributed by atoms with van der Waals surface area (Å²) in [6.07, 6.45) is 8.29. The summed E-state index contributed by atoms with van der Waals surface area (Å²) in [4.78, 5) is 12.1. The number of amides is 1. The maximum absolute atomic E-state index is 14.8. The number of ether oxygens (including phenoxy) is 1. The molecular formula is C25H30FNO2. The summed E-state index contributed by atoms with van der Waals surface area (Å²) >= 11 is 0. The Morgan fingerprint density at radius 1 is 1.07 bits per heavy atom. The standard InChI is InChI=1S/C25H30FNO2/c1-2-27-24(28)16-17-13-14-23(29-19-9-3-4-10-19)21(15-17)20-11-6-12-22(26)25(20)18-7-5-8-18/h6,11-15,18-19H,2-5,7-10,16H2,1H3,(H,27,28). The summed E-state index contributed by atoms with van der Waals surface area (Å²) in [5.74, 6) is 0.954. The number of hydrogen-bond donors (Lipinski definition) is 1. The van der Waals surface area contributed by atoms with Gasteiger partial charge < -0.3 is 10.1 Å². The lowest BCUT2D eigenvalue weighted by atomic mass is 9.76. The van der Waals surface area contributed by atoms with Crippen LogP contribution in [0.5, 0.6) is 5.75 Å². The van der Waals surface area contributed by atoms with E-state index in [2.05, 4.69) is 5.32 Å². The molecule has 154 valence electrons. The van der Waals surface area contributed by atoms with Crippen molar-refractivity contribution in [2.45, 2.75) is 70.3 Å². The van der Waals surface area contributed by atoms with Gasteiger partial charge in [0.05, 0.1) is 12.5 Å². The molecule has 0 aromatic heterocycles. The lowest BCUT2D eigenvalue weighted by Gasteiger charge is -2.29. The van der Waals surface area contributed by atoms with Crippen molar-refractivity contribution < 1.29 is 13.9 Å². The van der Waals surface area contributed by atoms with Crippen molar-refractivity contribution in [3.05, 3.63) is 53.3 Å². The van der Waals surface area contributed by atoms with Crippen molar-refractivity contribution >= 4 is 5.91 Å². The van der Waals surface area contributed by atoms with Crippen molar-refractivity contribution in [2.24, 2.45) is 0 Å². The molecule has 29 heavy (non-hydrogen) atoms. The first-order valence-corrected chi connectivity index (χ1v) is 11.0. The lowest BCUT2D eigenvalue weighted by Crippen LogP contribution is -2.24. The van der Waals surface area contributed by atoms with Gasteiger partial charge in [-0.3, -0.25) is 4.79 Å². The van der Waals surface area contributed by atoms with Crippen LogP contribution < -0.4 is 10.1 Å². The predicted molar refractivity (Wildman–Crippen MR) is 114 cm³/mol. The van der Waals surface area contributed by atoms with Crippen LogP contribution in [0.4, 0.5) is 4.39 Å². The third-order valence-corrected chi connectivity index (χ3v) is 6.23. The molecule has 4 rings (SSSR count). The quantitative estimate of drug-likeness (QED) is 0.647. The number of rotatable bonds is 7. The molecule has 2 fully saturated rings. The molecule has 0 atom stereocenters. The highest BCUT2D eigenvalue weighted by Crippen LogP contribution is 2.45. The Kier molecular flexibility index (Phi) is 6.17. The summed E-state index contributed by atoms with van der Waals surface area (Å²) in [5, 5.41) is 2.85. The van der Waals surface area contributed by atoms with Gasteiger partial charge in [-0.15, -0.1) is 0 Å². The van der Waals surface area contributed by atoms with Crippen LogP contribution in [0.1, 0.15) is 68.9 Å². The highest BCUT2D eigenvalue weighted by molar-refractivity contribution is 5.81. The topological polar surface area (TPSA) is 38.3 Å². The van der Waals surface area contributed by atoms with Gasteiger partial charge in [0.2, 0.25) is 5.91 Å². The predicted octanol–water partition coefficient (Wildman–Crippen LogP) is 5.76. The van der Waals surface area contributed by atoms with E-state index in [-0.39, 0.29) is 23.7 Å². The lowest BCUT2D eigenvalue weighted by molar-refractivity contribution is -0.120. The van der Waals surface area contributed by atoms with Gasteiger partial charge in [0.25, 0.3) is 0 Å². The van der Waals surface area contributed by atoms with Crippen LogP contribution in [0, 0.1) is 5.82 Å². The molecule has 0 aliphatic heterocycles. The minimum absolute atomic E-state index is 0.00127. The molecule has 2 aromatic carbocycles. The molecular weight excluding hydrogens is 365 g/mol. The van der Waals surface area contributed by atoms with E-state index in [1.54, 1.807) is 12.1 Å². The van der Waals surface area contributed by atoms with Crippen molar-refractivity contribution in [3.63, 3.8) is 0 Å². The minimum atomic E-state index is -0.131. The van der Waals surface area contributed by atoms with Crippen LogP contribution in [-0.4, -0.2) is 18.6 Å². The zero-order valence-electron chi connectivity index (χ0n) is 17.2. The monoisotopic (exact) mass is 395 g/mol. The molecule has 0 heterocycles. The molecule has 2 saturated carbocycles. The van der Waals surface area contributed by atoms with Crippen LogP contribution in [0.25, 0.3) is 11.1 Å². The molecule has 4 heteroatoms. The molecule has 3 nitrogen and oxygen atoms in total. The number of likely N-dealkylation sites (N-methyl/N-ethyl adjacent to an activating group) is 1. The van der Waals surface area contributed by atoms with E-state index in [9.17, 15) is 9.18 Å². The first-order valence-electron chi connectivity index (χ1n) is 11.0. The second kappa shape index (κ2) is 8.98. The van der Waals surface area contributed by atoms with Crippen LogP contribution in [0.3, 0.4) is 0 Å². The van der Waals surface area contributed by atoms with Crippen LogP contribution in [0.15, 0.2) is 36.4 Å². The van der Waals surface area contributed by atoms with Gasteiger partial charge in [-0.05, 0) is 86.3 Å². The Balaban J connectivity index is 1.74. The number of halogens is 1. The third-order valence-electron chi connectivity index (χ3n) is 6.23. The number of carbonyl (C=O) groups is 1. The fraction of sp³-hybridized carbons (Fsp3) is 0.480. The highest BCUT2D eigenvalue weighted by Gasteiger charge is 2.27. The van der Waals surface area contributed by atoms with Gasteiger partial charge >= 0.3 is 0 Å². The maximum Gasteiger partial charge on any atom is 0.224 e. The molecule has 0 unspecified atom stereocenters. The van der Waals surface area contributed by atoms with Crippen LogP contribution >= 0.6 is 0 Å². The van der Waals surface area contributed by atoms with Crippen LogP contribution in [-0.2, 0) is 11.2 Å². The second-order valence-corrected chi connectivity index (χ2v) is 8.31. The Morgan fingerprint density at radius 2 is 1.86 bits per heavy atom. The Morgan fingerprint density at radius 3 is 2.55 bits per heavy atom. The van der Waals surface area contributed by atoms with Gasteiger partial charge in [-0.2, -0.15) is 0 Å². The van der Waals surface area contributed by atoms with Gasteiger partial charge in [0.1, 0.15) is 11.6 Å². The molecule has 0 bridgehead atoms. The number of carbonyl (C=O) groups excluding carboxylic acids is 1. The van der Waals surface area contributed by atoms with Gasteiger partial charge in [0.15, 0.2) is 0 Å². The number of benzene rings is 2. The first kappa shape index (κ1) is 19.9. The Bertz CT molecular complexity index is 869. The summed E-state index contributed by atoms with van der Waals surface area (Å²) < 4.78 is 21.2. The molecule has 0 spiro atoms. The molecule has 2 aromatic rings. The largest absolute Gasteiger partial charge is 0.490 e. The van der Waals surface area contributed by atoms with Gasteiger partial charge in [-0.25, -0.2) is 4.39 Å². The molecule has 1 amide bonds. The van der Waals surface area contributed by atoms with E-state index in [4.69, 9.17) is 4.74 Å². The average Bonchev–Trinajstić information content (AvgIpc) is 3.16. The molecule has 2 aliphatic rings. The average molecular weight is 396 g/mol. The fourth-order valence-electron chi connectivity index (χ4n) is 4.51. The van der Waals surface area contributed by atoms with E-state index in [0.29, 0.717) is 13.0 Å². The van der Waals surface area contributed by atoms with Crippen molar-refractivity contribution in [3.8, 4) is 16.9 Å². The zero-order valence-corrected chi connectivity index (χ0v) is 17.2. The van der Waals surface area contributed by atoms with Crippen molar-refractivity contribution in [1.29, 1.82) is 0 Å². The van der Waals surface area contributed by atoms with Crippen molar-refractivity contribution in [2.75, 3.05) is 6.54 Å². The maximum atomic E-state index is 14.8. The fourth-order valence-corrected chi connectivity index (χ4v) is 4.51. The number of hydrogen-bond acceptors (Lipinski definition) is 2. The smallest absolute Gasteiger partial charge is 0.224 e. The third kappa shape index (κ3) is 4.47. The molecule has 2 aliphatic carbocycles. The number of nitrogens with one attached hydrogen (secondary N) is 1. The van der Waals surface area contributed by atoms with E-state index in [1.807, 2.05) is 31.2 Å². The zero-order chi connectivity index (χ0) is 20.2. The van der Waals surface area contributed by atoms with E-state index < -0.39 is 0 Å². The summed E-state index contributed by atoms with van der Waals surface area (Å²) in [6, 6.07) is 11.3. The molecule has 0 radical (unpaired) electrons. The first-order chi connectivity index (χ1) is 14.2. The second-order valence-electron chi connectivity index (χ2n) is 8.31. The molecule has 1 N–H and O–H groups in total. The highest BCUT2D eigenvalue weighted by atomic mass is 19.1. The summed E-state index contributed by atoms with van der Waals surface area (Å²) in [6.45, 7) is 2.53. The van der Waals surface area contributed by atoms with E-state index in [0.717, 1.165) is 60.1 Å². The van der Waals surface area contributed by atoms with E-state index in [1.165, 1.54) is 12.8 Å². The minimum Gasteiger partial charge on any atom is -0.490 e. The Labute approximate surface area is 172 Å². The van der Waals surface area contributed by atoms with Crippen LogP contribution in [0.2, 0.25) is 0 Å². The SMILES string of the molecule is CCNC(=O)Cc1ccc(OC2CCCC2)c(-c2cccc(F)c2C2CCC2)c1. The van der Waals surface area contributed by atoms with Crippen molar-refractivity contribution in [1.82, 2.24) is 5.32 Å². The summed E-state index contributed by atoms with van der Waals surface area (Å²) in [5.41, 5.74) is 3.57. The Hall–Kier alpha value is -2.36. The normalized spacial score (nSPS) is 17.2. The van der Waals surface area contributed by atoms with Gasteiger partial charge in [0, 0.05) is 12.1 Å². The van der Waals surface area contributed by atoms with Gasteiger partial charge in [-0.1, -0.05) is 24.6 Å².